The Balaban J connectivity index is 2.12. The SMILES string of the molecule is NC(=Nc1cc(Cl)cc(Cl)c1)N=C(N)C1CCCCN1. The average molecular weight is 314 g/mol. The number of nitrogens with zero attached hydrogens (tertiary/aromatic N) is 2. The van der Waals surface area contributed by atoms with E-state index in [4.69, 9.17) is 34.7 Å². The molecule has 108 valence electrons. The van der Waals surface area contributed by atoms with Gasteiger partial charge in [-0.1, -0.05) is 29.6 Å². The molecule has 1 aromatic rings. The highest BCUT2D eigenvalue weighted by Gasteiger charge is 2.16. The second-order valence-electron chi connectivity index (χ2n) is 4.64. The molecule has 1 heterocycles. The van der Waals surface area contributed by atoms with Crippen molar-refractivity contribution in [2.75, 3.05) is 6.54 Å². The van der Waals surface area contributed by atoms with Gasteiger partial charge in [-0.2, -0.15) is 4.99 Å². The largest absolute Gasteiger partial charge is 0.386 e. The van der Waals surface area contributed by atoms with Gasteiger partial charge in [-0.25, -0.2) is 4.99 Å². The second-order valence-corrected chi connectivity index (χ2v) is 5.51. The van der Waals surface area contributed by atoms with Crippen LogP contribution in [-0.4, -0.2) is 24.4 Å². The molecule has 2 rings (SSSR count). The summed E-state index contributed by atoms with van der Waals surface area (Å²) in [5.41, 5.74) is 12.3. The quantitative estimate of drug-likeness (QED) is 0.578. The zero-order valence-electron chi connectivity index (χ0n) is 10.9. The van der Waals surface area contributed by atoms with E-state index in [0.29, 0.717) is 21.6 Å². The van der Waals surface area contributed by atoms with E-state index in [1.807, 2.05) is 0 Å². The van der Waals surface area contributed by atoms with E-state index in [1.54, 1.807) is 18.2 Å². The van der Waals surface area contributed by atoms with E-state index in [1.165, 1.54) is 0 Å². The van der Waals surface area contributed by atoms with Crippen molar-refractivity contribution in [3.63, 3.8) is 0 Å². The maximum Gasteiger partial charge on any atom is 0.222 e. The molecule has 0 saturated carbocycles. The number of nitrogens with two attached hydrogens (primary N) is 2. The molecule has 0 bridgehead atoms. The Morgan fingerprint density at radius 3 is 2.45 bits per heavy atom. The molecule has 0 amide bonds. The van der Waals surface area contributed by atoms with E-state index in [-0.39, 0.29) is 12.0 Å². The number of rotatable bonds is 2. The predicted octanol–water partition coefficient (Wildman–Crippen LogP) is 2.44. The Hall–Kier alpha value is -1.30. The van der Waals surface area contributed by atoms with Crippen LogP contribution in [0.2, 0.25) is 10.0 Å². The summed E-state index contributed by atoms with van der Waals surface area (Å²) in [4.78, 5) is 8.27. The maximum atomic E-state index is 5.94. The summed E-state index contributed by atoms with van der Waals surface area (Å²) in [6, 6.07) is 5.01. The molecule has 1 saturated heterocycles. The van der Waals surface area contributed by atoms with Gasteiger partial charge in [0, 0.05) is 10.0 Å². The summed E-state index contributed by atoms with van der Waals surface area (Å²) in [7, 11) is 0. The van der Waals surface area contributed by atoms with Gasteiger partial charge in [0.2, 0.25) is 5.96 Å². The minimum atomic E-state index is 0.0699. The lowest BCUT2D eigenvalue weighted by molar-refractivity contribution is 0.470. The summed E-state index contributed by atoms with van der Waals surface area (Å²) in [5, 5.41) is 4.29. The van der Waals surface area contributed by atoms with Crippen LogP contribution in [0.15, 0.2) is 28.2 Å². The number of hydrogen-bond donors (Lipinski definition) is 3. The minimum Gasteiger partial charge on any atom is -0.386 e. The summed E-state index contributed by atoms with van der Waals surface area (Å²) < 4.78 is 0. The standard InChI is InChI=1S/C13H17Cl2N5/c14-8-5-9(15)7-10(6-8)19-13(17)20-12(16)11-3-1-2-4-18-11/h5-7,11,18H,1-4H2,(H4,16,17,19,20). The van der Waals surface area contributed by atoms with Crippen molar-refractivity contribution in [2.45, 2.75) is 25.3 Å². The summed E-state index contributed by atoms with van der Waals surface area (Å²) in [6.45, 7) is 0.946. The van der Waals surface area contributed by atoms with Crippen LogP contribution in [0.4, 0.5) is 5.69 Å². The summed E-state index contributed by atoms with van der Waals surface area (Å²) in [5.74, 6) is 0.548. The third kappa shape index (κ3) is 4.37. The molecule has 1 aliphatic heterocycles. The third-order valence-electron chi connectivity index (χ3n) is 3.00. The third-order valence-corrected chi connectivity index (χ3v) is 3.44. The van der Waals surface area contributed by atoms with Gasteiger partial charge >= 0.3 is 0 Å². The van der Waals surface area contributed by atoms with Gasteiger partial charge in [0.1, 0.15) is 5.84 Å². The van der Waals surface area contributed by atoms with Gasteiger partial charge < -0.3 is 16.8 Å². The fourth-order valence-electron chi connectivity index (χ4n) is 2.08. The molecule has 0 spiro atoms. The zero-order chi connectivity index (χ0) is 14.5. The van der Waals surface area contributed by atoms with Crippen molar-refractivity contribution >= 4 is 40.7 Å². The molecule has 0 aliphatic carbocycles. The van der Waals surface area contributed by atoms with Crippen LogP contribution in [0, 0.1) is 0 Å². The van der Waals surface area contributed by atoms with Crippen LogP contribution in [0.1, 0.15) is 19.3 Å². The summed E-state index contributed by atoms with van der Waals surface area (Å²) in [6.07, 6.45) is 3.26. The smallest absolute Gasteiger partial charge is 0.222 e. The number of hydrogen-bond acceptors (Lipinski definition) is 2. The van der Waals surface area contributed by atoms with Gasteiger partial charge in [0.25, 0.3) is 0 Å². The molecule has 1 fully saturated rings. The van der Waals surface area contributed by atoms with Crippen LogP contribution < -0.4 is 16.8 Å². The van der Waals surface area contributed by atoms with Crippen molar-refractivity contribution in [3.05, 3.63) is 28.2 Å². The van der Waals surface area contributed by atoms with Gasteiger partial charge in [0.05, 0.1) is 11.7 Å². The minimum absolute atomic E-state index is 0.0699. The fraction of sp³-hybridized carbons (Fsp3) is 0.385. The van der Waals surface area contributed by atoms with E-state index < -0.39 is 0 Å². The number of aliphatic imine (C=N–C) groups is 2. The molecule has 7 heteroatoms. The molecular weight excluding hydrogens is 297 g/mol. The summed E-state index contributed by atoms with van der Waals surface area (Å²) >= 11 is 11.8. The molecule has 5 nitrogen and oxygen atoms in total. The first-order chi connectivity index (χ1) is 9.54. The Kier molecular flexibility index (Phi) is 5.23. The van der Waals surface area contributed by atoms with Crippen LogP contribution in [-0.2, 0) is 0 Å². The van der Waals surface area contributed by atoms with Gasteiger partial charge in [-0.15, -0.1) is 0 Å². The van der Waals surface area contributed by atoms with Crippen LogP contribution in [0.5, 0.6) is 0 Å². The molecule has 0 aromatic heterocycles. The number of benzene rings is 1. The molecule has 0 radical (unpaired) electrons. The fourth-order valence-corrected chi connectivity index (χ4v) is 2.59. The van der Waals surface area contributed by atoms with Crippen molar-refractivity contribution in [1.82, 2.24) is 5.32 Å². The number of halogens is 2. The van der Waals surface area contributed by atoms with Crippen LogP contribution >= 0.6 is 23.2 Å². The molecule has 1 atom stereocenters. The number of nitrogens with one attached hydrogen (secondary N) is 1. The normalized spacial score (nSPS) is 21.0. The highest BCUT2D eigenvalue weighted by Crippen LogP contribution is 2.24. The zero-order valence-corrected chi connectivity index (χ0v) is 12.5. The number of guanidine groups is 1. The van der Waals surface area contributed by atoms with Gasteiger partial charge in [-0.3, -0.25) is 0 Å². The van der Waals surface area contributed by atoms with Crippen LogP contribution in [0.25, 0.3) is 0 Å². The monoisotopic (exact) mass is 313 g/mol. The first-order valence-corrected chi connectivity index (χ1v) is 7.18. The average Bonchev–Trinajstić information content (AvgIpc) is 2.38. The Bertz CT molecular complexity index is 515. The lowest BCUT2D eigenvalue weighted by atomic mass is 10.0. The molecule has 5 N–H and O–H groups in total. The molecule has 1 unspecified atom stereocenters. The van der Waals surface area contributed by atoms with Gasteiger partial charge in [-0.05, 0) is 37.6 Å². The van der Waals surface area contributed by atoms with E-state index in [0.717, 1.165) is 25.8 Å². The highest BCUT2D eigenvalue weighted by atomic mass is 35.5. The first-order valence-electron chi connectivity index (χ1n) is 6.42. The van der Waals surface area contributed by atoms with E-state index in [2.05, 4.69) is 15.3 Å². The van der Waals surface area contributed by atoms with Crippen molar-refractivity contribution < 1.29 is 0 Å². The van der Waals surface area contributed by atoms with Crippen LogP contribution in [0.3, 0.4) is 0 Å². The Morgan fingerprint density at radius 2 is 1.85 bits per heavy atom. The molecule has 20 heavy (non-hydrogen) atoms. The Labute approximate surface area is 128 Å². The van der Waals surface area contributed by atoms with Crippen molar-refractivity contribution in [3.8, 4) is 0 Å². The Morgan fingerprint density at radius 1 is 1.15 bits per heavy atom. The maximum absolute atomic E-state index is 5.94. The lowest BCUT2D eigenvalue weighted by Gasteiger charge is -2.22. The molecule has 1 aliphatic rings. The van der Waals surface area contributed by atoms with E-state index >= 15 is 0 Å². The topological polar surface area (TPSA) is 88.8 Å². The van der Waals surface area contributed by atoms with Gasteiger partial charge in [0.15, 0.2) is 0 Å². The number of amidine groups is 1. The first kappa shape index (κ1) is 15.1. The highest BCUT2D eigenvalue weighted by molar-refractivity contribution is 6.35. The second kappa shape index (κ2) is 6.92. The lowest BCUT2D eigenvalue weighted by Crippen LogP contribution is -2.45. The van der Waals surface area contributed by atoms with Crippen molar-refractivity contribution in [2.24, 2.45) is 21.5 Å². The molecule has 1 aromatic carbocycles. The van der Waals surface area contributed by atoms with Crippen molar-refractivity contribution in [1.29, 1.82) is 0 Å². The van der Waals surface area contributed by atoms with E-state index in [9.17, 15) is 0 Å². The molecular formula is C13H17Cl2N5. The predicted molar refractivity (Wildman–Crippen MR) is 85.0 cm³/mol. The number of piperidine rings is 1.